The molecule has 0 aliphatic heterocycles. The molecule has 7 nitrogen and oxygen atoms in total. The van der Waals surface area contributed by atoms with Gasteiger partial charge in [-0.3, -0.25) is 4.79 Å². The molecule has 0 bridgehead atoms. The second-order valence-electron chi connectivity index (χ2n) is 6.61. The topological polar surface area (TPSA) is 83.1 Å². The van der Waals surface area contributed by atoms with Crippen LogP contribution < -0.4 is 19.5 Å². The quantitative estimate of drug-likeness (QED) is 0.616. The van der Waals surface area contributed by atoms with Crippen molar-refractivity contribution in [1.29, 1.82) is 0 Å². The van der Waals surface area contributed by atoms with E-state index in [1.54, 1.807) is 32.4 Å². The molecule has 0 saturated heterocycles. The van der Waals surface area contributed by atoms with Crippen molar-refractivity contribution in [3.63, 3.8) is 0 Å². The van der Waals surface area contributed by atoms with Crippen molar-refractivity contribution < 1.29 is 28.5 Å². The van der Waals surface area contributed by atoms with Gasteiger partial charge in [0.15, 0.2) is 24.7 Å². The first-order chi connectivity index (χ1) is 13.9. The van der Waals surface area contributed by atoms with Gasteiger partial charge in [-0.2, -0.15) is 0 Å². The Labute approximate surface area is 170 Å². The lowest BCUT2D eigenvalue weighted by Gasteiger charge is -2.13. The predicted molar refractivity (Wildman–Crippen MR) is 108 cm³/mol. The molecule has 2 rings (SSSR count). The third-order valence-corrected chi connectivity index (χ3v) is 4.19. The SMILES string of the molecule is COc1ccc(CNC(=O)COC(=O)COc2ccccc2C(C)C)cc1OC. The predicted octanol–water partition coefficient (Wildman–Crippen LogP) is 3.07. The summed E-state index contributed by atoms with van der Waals surface area (Å²) < 4.78 is 20.9. The van der Waals surface area contributed by atoms with Crippen LogP contribution in [0.5, 0.6) is 17.2 Å². The minimum Gasteiger partial charge on any atom is -0.493 e. The van der Waals surface area contributed by atoms with Crippen LogP contribution in [0.1, 0.15) is 30.9 Å². The molecule has 0 radical (unpaired) electrons. The Morgan fingerprint density at radius 2 is 1.66 bits per heavy atom. The Bertz CT molecular complexity index is 834. The molecule has 0 spiro atoms. The zero-order valence-corrected chi connectivity index (χ0v) is 17.2. The first kappa shape index (κ1) is 22.1. The molecule has 0 aliphatic rings. The van der Waals surface area contributed by atoms with Gasteiger partial charge in [0.2, 0.25) is 0 Å². The van der Waals surface area contributed by atoms with Crippen molar-refractivity contribution in [1.82, 2.24) is 5.32 Å². The Balaban J connectivity index is 1.76. The van der Waals surface area contributed by atoms with E-state index in [0.29, 0.717) is 17.2 Å². The van der Waals surface area contributed by atoms with Gasteiger partial charge in [-0.05, 0) is 35.2 Å². The van der Waals surface area contributed by atoms with E-state index in [2.05, 4.69) is 5.32 Å². The van der Waals surface area contributed by atoms with Crippen LogP contribution in [-0.4, -0.2) is 39.3 Å². The third-order valence-electron chi connectivity index (χ3n) is 4.19. The van der Waals surface area contributed by atoms with Gasteiger partial charge < -0.3 is 24.3 Å². The molecule has 0 aromatic heterocycles. The lowest BCUT2D eigenvalue weighted by molar-refractivity contribution is -0.150. The maximum atomic E-state index is 11.9. The van der Waals surface area contributed by atoms with E-state index in [1.165, 1.54) is 0 Å². The lowest BCUT2D eigenvalue weighted by atomic mass is 10.0. The molecular weight excluding hydrogens is 374 g/mol. The number of amides is 1. The third kappa shape index (κ3) is 6.71. The maximum absolute atomic E-state index is 11.9. The fourth-order valence-electron chi connectivity index (χ4n) is 2.66. The Morgan fingerprint density at radius 3 is 2.34 bits per heavy atom. The molecule has 156 valence electrons. The van der Waals surface area contributed by atoms with E-state index >= 15 is 0 Å². The van der Waals surface area contributed by atoms with Gasteiger partial charge in [0.05, 0.1) is 14.2 Å². The summed E-state index contributed by atoms with van der Waals surface area (Å²) in [5.41, 5.74) is 1.84. The number of ether oxygens (including phenoxy) is 4. The molecule has 0 unspecified atom stereocenters. The van der Waals surface area contributed by atoms with Crippen LogP contribution in [0, 0.1) is 0 Å². The number of para-hydroxylation sites is 1. The van der Waals surface area contributed by atoms with Gasteiger partial charge >= 0.3 is 5.97 Å². The average Bonchev–Trinajstić information content (AvgIpc) is 2.74. The minimum absolute atomic E-state index is 0.257. The van der Waals surface area contributed by atoms with Crippen LogP contribution >= 0.6 is 0 Å². The number of rotatable bonds is 10. The summed E-state index contributed by atoms with van der Waals surface area (Å²) in [5.74, 6) is 1.07. The highest BCUT2D eigenvalue weighted by Crippen LogP contribution is 2.27. The second kappa shape index (κ2) is 10.9. The molecule has 0 fully saturated rings. The van der Waals surface area contributed by atoms with Crippen LogP contribution in [0.15, 0.2) is 42.5 Å². The summed E-state index contributed by atoms with van der Waals surface area (Å²) in [6.45, 7) is 3.73. The highest BCUT2D eigenvalue weighted by molar-refractivity contribution is 5.80. The van der Waals surface area contributed by atoms with E-state index < -0.39 is 11.9 Å². The van der Waals surface area contributed by atoms with Gasteiger partial charge in [0.25, 0.3) is 5.91 Å². The number of carbonyl (C=O) groups excluding carboxylic acids is 2. The molecule has 7 heteroatoms. The first-order valence-electron chi connectivity index (χ1n) is 9.29. The van der Waals surface area contributed by atoms with Crippen LogP contribution in [-0.2, 0) is 20.9 Å². The van der Waals surface area contributed by atoms with Crippen molar-refractivity contribution in [2.45, 2.75) is 26.3 Å². The molecule has 2 aromatic rings. The monoisotopic (exact) mass is 401 g/mol. The summed E-state index contributed by atoms with van der Waals surface area (Å²) in [4.78, 5) is 23.8. The van der Waals surface area contributed by atoms with Gasteiger partial charge in [0, 0.05) is 6.54 Å². The standard InChI is InChI=1S/C22H27NO6/c1-15(2)17-7-5-6-8-18(17)28-14-22(25)29-13-21(24)23-12-16-9-10-19(26-3)20(11-16)27-4/h5-11,15H,12-14H2,1-4H3,(H,23,24). The van der Waals surface area contributed by atoms with Gasteiger partial charge in [-0.25, -0.2) is 4.79 Å². The average molecular weight is 401 g/mol. The lowest BCUT2D eigenvalue weighted by Crippen LogP contribution is -2.29. The molecule has 0 aliphatic carbocycles. The molecule has 0 saturated carbocycles. The van der Waals surface area contributed by atoms with E-state index in [4.69, 9.17) is 18.9 Å². The summed E-state index contributed by atoms with van der Waals surface area (Å²) in [6, 6.07) is 12.9. The van der Waals surface area contributed by atoms with E-state index in [1.807, 2.05) is 38.1 Å². The summed E-state index contributed by atoms with van der Waals surface area (Å²) in [7, 11) is 3.10. The molecule has 1 amide bonds. The number of methoxy groups -OCH3 is 2. The summed E-state index contributed by atoms with van der Waals surface area (Å²) >= 11 is 0. The van der Waals surface area contributed by atoms with Crippen LogP contribution in [0.3, 0.4) is 0 Å². The number of carbonyl (C=O) groups is 2. The van der Waals surface area contributed by atoms with Crippen molar-refractivity contribution in [2.75, 3.05) is 27.4 Å². The molecule has 1 N–H and O–H groups in total. The Kier molecular flexibility index (Phi) is 8.33. The van der Waals surface area contributed by atoms with Crippen molar-refractivity contribution in [3.8, 4) is 17.2 Å². The van der Waals surface area contributed by atoms with Crippen LogP contribution in [0.2, 0.25) is 0 Å². The molecule has 0 heterocycles. The highest BCUT2D eigenvalue weighted by atomic mass is 16.6. The van der Waals surface area contributed by atoms with Gasteiger partial charge in [0.1, 0.15) is 5.75 Å². The van der Waals surface area contributed by atoms with Gasteiger partial charge in [-0.15, -0.1) is 0 Å². The van der Waals surface area contributed by atoms with E-state index in [9.17, 15) is 9.59 Å². The highest BCUT2D eigenvalue weighted by Gasteiger charge is 2.12. The Hall–Kier alpha value is -3.22. The second-order valence-corrected chi connectivity index (χ2v) is 6.61. The number of benzene rings is 2. The number of hydrogen-bond donors (Lipinski definition) is 1. The van der Waals surface area contributed by atoms with Crippen molar-refractivity contribution in [2.24, 2.45) is 0 Å². The van der Waals surface area contributed by atoms with Crippen molar-refractivity contribution >= 4 is 11.9 Å². The van der Waals surface area contributed by atoms with E-state index in [0.717, 1.165) is 11.1 Å². The van der Waals surface area contributed by atoms with Crippen LogP contribution in [0.25, 0.3) is 0 Å². The number of esters is 1. The van der Waals surface area contributed by atoms with Gasteiger partial charge in [-0.1, -0.05) is 38.1 Å². The summed E-state index contributed by atoms with van der Waals surface area (Å²) in [6.07, 6.45) is 0. The fourth-order valence-corrected chi connectivity index (χ4v) is 2.66. The minimum atomic E-state index is -0.607. The first-order valence-corrected chi connectivity index (χ1v) is 9.29. The largest absolute Gasteiger partial charge is 0.493 e. The smallest absolute Gasteiger partial charge is 0.344 e. The normalized spacial score (nSPS) is 10.4. The number of hydrogen-bond acceptors (Lipinski definition) is 6. The molecule has 0 atom stereocenters. The maximum Gasteiger partial charge on any atom is 0.344 e. The summed E-state index contributed by atoms with van der Waals surface area (Å²) in [5, 5.41) is 2.69. The zero-order chi connectivity index (χ0) is 21.2. The van der Waals surface area contributed by atoms with Crippen molar-refractivity contribution in [3.05, 3.63) is 53.6 Å². The Morgan fingerprint density at radius 1 is 0.931 bits per heavy atom. The number of nitrogens with one attached hydrogen (secondary N) is 1. The zero-order valence-electron chi connectivity index (χ0n) is 17.2. The fraction of sp³-hybridized carbons (Fsp3) is 0.364. The molecule has 29 heavy (non-hydrogen) atoms. The molecular formula is C22H27NO6. The van der Waals surface area contributed by atoms with E-state index in [-0.39, 0.29) is 25.7 Å². The molecule has 2 aromatic carbocycles. The van der Waals surface area contributed by atoms with Crippen LogP contribution in [0.4, 0.5) is 0 Å².